The molecule has 0 saturated carbocycles. The van der Waals surface area contributed by atoms with E-state index in [1.165, 1.54) is 5.56 Å². The number of carbonyl (C=O) groups excluding carboxylic acids is 1. The SMILES string of the molecule is Cc1ccc2ncnc(N3CCCC(N4CCNC4=O)C3)c2c1. The van der Waals surface area contributed by atoms with Crippen LogP contribution in [0.4, 0.5) is 10.6 Å². The fraction of sp³-hybridized carbons (Fsp3) is 0.471. The molecular weight excluding hydrogens is 290 g/mol. The molecule has 2 amide bonds. The molecule has 2 saturated heterocycles. The number of aryl methyl sites for hydroxylation is 1. The van der Waals surface area contributed by atoms with E-state index in [1.807, 2.05) is 11.0 Å². The molecule has 0 bridgehead atoms. The summed E-state index contributed by atoms with van der Waals surface area (Å²) in [6.45, 7) is 5.47. The van der Waals surface area contributed by atoms with Crippen LogP contribution in [0.5, 0.6) is 0 Å². The Morgan fingerprint density at radius 2 is 2.17 bits per heavy atom. The topological polar surface area (TPSA) is 61.4 Å². The maximum Gasteiger partial charge on any atom is 0.317 e. The van der Waals surface area contributed by atoms with E-state index in [2.05, 4.69) is 39.2 Å². The molecule has 2 fully saturated rings. The van der Waals surface area contributed by atoms with Gasteiger partial charge in [-0.1, -0.05) is 11.6 Å². The predicted octanol–water partition coefficient (Wildman–Crippen LogP) is 1.93. The molecule has 6 nitrogen and oxygen atoms in total. The monoisotopic (exact) mass is 311 g/mol. The number of carbonyl (C=O) groups is 1. The lowest BCUT2D eigenvalue weighted by Gasteiger charge is -2.37. The van der Waals surface area contributed by atoms with Gasteiger partial charge in [0.15, 0.2) is 0 Å². The number of benzene rings is 1. The van der Waals surface area contributed by atoms with Crippen molar-refractivity contribution in [2.24, 2.45) is 0 Å². The number of nitrogens with zero attached hydrogens (tertiary/aromatic N) is 4. The average Bonchev–Trinajstić information content (AvgIpc) is 3.00. The molecule has 0 radical (unpaired) electrons. The number of fused-ring (bicyclic) bond motifs is 1. The van der Waals surface area contributed by atoms with Gasteiger partial charge in [-0.15, -0.1) is 0 Å². The molecule has 23 heavy (non-hydrogen) atoms. The summed E-state index contributed by atoms with van der Waals surface area (Å²) in [4.78, 5) is 25.1. The van der Waals surface area contributed by atoms with Gasteiger partial charge in [0, 0.05) is 31.6 Å². The first-order chi connectivity index (χ1) is 11.2. The molecule has 120 valence electrons. The number of hydrogen-bond donors (Lipinski definition) is 1. The third-order valence-corrected chi connectivity index (χ3v) is 4.80. The Hall–Kier alpha value is -2.37. The van der Waals surface area contributed by atoms with E-state index in [1.54, 1.807) is 6.33 Å². The number of rotatable bonds is 2. The van der Waals surface area contributed by atoms with Crippen molar-refractivity contribution < 1.29 is 4.79 Å². The summed E-state index contributed by atoms with van der Waals surface area (Å²) in [7, 11) is 0. The fourth-order valence-corrected chi connectivity index (χ4v) is 3.65. The molecule has 2 aliphatic heterocycles. The Morgan fingerprint density at radius 1 is 1.26 bits per heavy atom. The normalized spacial score (nSPS) is 21.8. The zero-order chi connectivity index (χ0) is 15.8. The lowest BCUT2D eigenvalue weighted by Crippen LogP contribution is -2.49. The Balaban J connectivity index is 1.65. The van der Waals surface area contributed by atoms with Crippen molar-refractivity contribution in [2.75, 3.05) is 31.1 Å². The molecular formula is C17H21N5O. The minimum Gasteiger partial charge on any atom is -0.354 e. The van der Waals surface area contributed by atoms with Crippen LogP contribution < -0.4 is 10.2 Å². The van der Waals surface area contributed by atoms with E-state index in [4.69, 9.17) is 0 Å². The molecule has 1 N–H and O–H groups in total. The van der Waals surface area contributed by atoms with E-state index < -0.39 is 0 Å². The van der Waals surface area contributed by atoms with E-state index in [-0.39, 0.29) is 12.1 Å². The van der Waals surface area contributed by atoms with Gasteiger partial charge in [-0.25, -0.2) is 14.8 Å². The predicted molar refractivity (Wildman–Crippen MR) is 89.6 cm³/mol. The van der Waals surface area contributed by atoms with Crippen molar-refractivity contribution in [2.45, 2.75) is 25.8 Å². The van der Waals surface area contributed by atoms with Crippen LogP contribution in [0.2, 0.25) is 0 Å². The standard InChI is InChI=1S/C17H21N5O/c1-12-4-5-15-14(9-12)16(20-11-19-15)21-7-2-3-13(10-21)22-8-6-18-17(22)23/h4-5,9,11,13H,2-3,6-8,10H2,1H3,(H,18,23). The number of hydrogen-bond acceptors (Lipinski definition) is 4. The second-order valence-corrected chi connectivity index (χ2v) is 6.39. The fourth-order valence-electron chi connectivity index (χ4n) is 3.65. The van der Waals surface area contributed by atoms with E-state index >= 15 is 0 Å². The second kappa shape index (κ2) is 5.68. The largest absolute Gasteiger partial charge is 0.354 e. The third kappa shape index (κ3) is 2.58. The highest BCUT2D eigenvalue weighted by molar-refractivity contribution is 5.90. The smallest absolute Gasteiger partial charge is 0.317 e. The van der Waals surface area contributed by atoms with Gasteiger partial charge in [-0.05, 0) is 31.9 Å². The summed E-state index contributed by atoms with van der Waals surface area (Å²) in [6.07, 6.45) is 3.77. The van der Waals surface area contributed by atoms with Crippen LogP contribution in [0.15, 0.2) is 24.5 Å². The van der Waals surface area contributed by atoms with Gasteiger partial charge in [-0.2, -0.15) is 0 Å². The number of aromatic nitrogens is 2. The number of nitrogens with one attached hydrogen (secondary N) is 1. The van der Waals surface area contributed by atoms with Crippen molar-refractivity contribution in [1.29, 1.82) is 0 Å². The summed E-state index contributed by atoms with van der Waals surface area (Å²) in [5.74, 6) is 0.989. The van der Waals surface area contributed by atoms with Crippen LogP contribution in [-0.2, 0) is 0 Å². The van der Waals surface area contributed by atoms with Crippen LogP contribution in [-0.4, -0.2) is 53.1 Å². The third-order valence-electron chi connectivity index (χ3n) is 4.80. The molecule has 4 rings (SSSR count). The van der Waals surface area contributed by atoms with Gasteiger partial charge in [-0.3, -0.25) is 0 Å². The number of anilines is 1. The first-order valence-electron chi connectivity index (χ1n) is 8.23. The molecule has 0 aliphatic carbocycles. The van der Waals surface area contributed by atoms with Crippen molar-refractivity contribution >= 4 is 22.8 Å². The number of amides is 2. The van der Waals surface area contributed by atoms with E-state index in [0.29, 0.717) is 0 Å². The molecule has 2 aliphatic rings. The summed E-state index contributed by atoms with van der Waals surface area (Å²) in [5, 5.41) is 4.00. The van der Waals surface area contributed by atoms with Crippen LogP contribution in [0.3, 0.4) is 0 Å². The Bertz CT molecular complexity index is 747. The van der Waals surface area contributed by atoms with Crippen LogP contribution >= 0.6 is 0 Å². The molecule has 1 atom stereocenters. The Morgan fingerprint density at radius 3 is 3.00 bits per heavy atom. The highest BCUT2D eigenvalue weighted by atomic mass is 16.2. The molecule has 2 aromatic rings. The van der Waals surface area contributed by atoms with Crippen molar-refractivity contribution in [3.63, 3.8) is 0 Å². The summed E-state index contributed by atoms with van der Waals surface area (Å²) in [6, 6.07) is 6.61. The van der Waals surface area contributed by atoms with Gasteiger partial charge >= 0.3 is 6.03 Å². The maximum absolute atomic E-state index is 11.9. The number of urea groups is 1. The van der Waals surface area contributed by atoms with Crippen LogP contribution in [0.1, 0.15) is 18.4 Å². The molecule has 0 spiro atoms. The summed E-state index contributed by atoms with van der Waals surface area (Å²) >= 11 is 0. The molecule has 3 heterocycles. The lowest BCUT2D eigenvalue weighted by atomic mass is 10.0. The maximum atomic E-state index is 11.9. The second-order valence-electron chi connectivity index (χ2n) is 6.39. The van der Waals surface area contributed by atoms with Gasteiger partial charge in [0.05, 0.1) is 11.6 Å². The summed E-state index contributed by atoms with van der Waals surface area (Å²) in [5.41, 5.74) is 2.18. The minimum atomic E-state index is 0.0697. The molecule has 1 aromatic carbocycles. The zero-order valence-electron chi connectivity index (χ0n) is 13.3. The number of piperidine rings is 1. The highest BCUT2D eigenvalue weighted by Gasteiger charge is 2.32. The summed E-state index contributed by atoms with van der Waals surface area (Å²) < 4.78 is 0. The van der Waals surface area contributed by atoms with Crippen molar-refractivity contribution in [3.05, 3.63) is 30.1 Å². The minimum absolute atomic E-state index is 0.0697. The quantitative estimate of drug-likeness (QED) is 0.920. The Labute approximate surface area is 135 Å². The first kappa shape index (κ1) is 14.2. The van der Waals surface area contributed by atoms with Crippen molar-refractivity contribution in [3.8, 4) is 0 Å². The molecule has 6 heteroatoms. The van der Waals surface area contributed by atoms with Gasteiger partial charge in [0.25, 0.3) is 0 Å². The van der Waals surface area contributed by atoms with Crippen LogP contribution in [0, 0.1) is 6.92 Å². The highest BCUT2D eigenvalue weighted by Crippen LogP contribution is 2.28. The average molecular weight is 311 g/mol. The van der Waals surface area contributed by atoms with Crippen molar-refractivity contribution in [1.82, 2.24) is 20.2 Å². The van der Waals surface area contributed by atoms with E-state index in [9.17, 15) is 4.79 Å². The Kier molecular flexibility index (Phi) is 3.52. The van der Waals surface area contributed by atoms with Gasteiger partial charge in [0.1, 0.15) is 12.1 Å². The zero-order valence-corrected chi connectivity index (χ0v) is 13.3. The van der Waals surface area contributed by atoms with Crippen LogP contribution in [0.25, 0.3) is 10.9 Å². The lowest BCUT2D eigenvalue weighted by molar-refractivity contribution is 0.189. The van der Waals surface area contributed by atoms with Gasteiger partial charge < -0.3 is 15.1 Å². The molecule has 1 aromatic heterocycles. The first-order valence-corrected chi connectivity index (χ1v) is 8.23. The van der Waals surface area contributed by atoms with Gasteiger partial charge in [0.2, 0.25) is 0 Å². The van der Waals surface area contributed by atoms with E-state index in [0.717, 1.165) is 55.7 Å². The molecule has 1 unspecified atom stereocenters.